The van der Waals surface area contributed by atoms with Crippen molar-refractivity contribution in [2.24, 2.45) is 0 Å². The van der Waals surface area contributed by atoms with E-state index in [9.17, 15) is 4.79 Å². The molecule has 1 amide bonds. The monoisotopic (exact) mass is 608 g/mol. The molecule has 2 fully saturated rings. The fourth-order valence-electron chi connectivity index (χ4n) is 3.75. The summed E-state index contributed by atoms with van der Waals surface area (Å²) in [6, 6.07) is 8.31. The van der Waals surface area contributed by atoms with E-state index in [-0.39, 0.29) is 43.1 Å². The number of piperazine rings is 1. The third kappa shape index (κ3) is 6.94. The number of fused-ring (bicyclic) bond motifs is 1. The van der Waals surface area contributed by atoms with Crippen LogP contribution in [0.1, 0.15) is 23.2 Å². The molecular weight excluding hydrogens is 583 g/mol. The standard InChI is InChI=1S/C22H25BrN6OS.3ClH/c23-17-13-26-22(25-8-11-29-9-6-24-7-10-29)28-20(17)19-12-16-15(2-1-3-18(16)31-19)21(30)27-14-4-5-14;;;/h1-3,12-14,24H,4-11H2,(H,27,30)(H,25,26,28);3*1H. The number of benzene rings is 1. The van der Waals surface area contributed by atoms with Gasteiger partial charge in [-0.3, -0.25) is 9.69 Å². The SMILES string of the molecule is Cl.Cl.Cl.O=C(NC1CC1)c1cccc2sc(-c3nc(NCCN4CCNCC4)ncc3Br)cc12. The van der Waals surface area contributed by atoms with E-state index in [2.05, 4.69) is 53.9 Å². The Balaban J connectivity index is 0.00000136. The Morgan fingerprint density at radius 3 is 2.71 bits per heavy atom. The van der Waals surface area contributed by atoms with Gasteiger partial charge >= 0.3 is 0 Å². The molecule has 0 unspecified atom stereocenters. The molecule has 1 saturated heterocycles. The highest BCUT2D eigenvalue weighted by Gasteiger charge is 2.25. The molecule has 1 aliphatic heterocycles. The van der Waals surface area contributed by atoms with Gasteiger partial charge in [0, 0.05) is 67.2 Å². The number of carbonyl (C=O) groups excluding carboxylic acids is 1. The van der Waals surface area contributed by atoms with Gasteiger partial charge in [0.2, 0.25) is 5.95 Å². The molecule has 1 saturated carbocycles. The van der Waals surface area contributed by atoms with Crippen molar-refractivity contribution in [3.63, 3.8) is 0 Å². The summed E-state index contributed by atoms with van der Waals surface area (Å²) in [7, 11) is 0. The number of hydrogen-bond acceptors (Lipinski definition) is 7. The van der Waals surface area contributed by atoms with Crippen LogP contribution in [0.25, 0.3) is 20.7 Å². The number of thiophene rings is 1. The molecule has 2 aliphatic rings. The number of rotatable bonds is 7. The zero-order valence-electron chi connectivity index (χ0n) is 18.4. The number of amides is 1. The van der Waals surface area contributed by atoms with Crippen LogP contribution in [-0.4, -0.2) is 66.1 Å². The van der Waals surface area contributed by atoms with Gasteiger partial charge in [-0.15, -0.1) is 48.6 Å². The van der Waals surface area contributed by atoms with Gasteiger partial charge < -0.3 is 16.0 Å². The van der Waals surface area contributed by atoms with Crippen molar-refractivity contribution in [1.29, 1.82) is 0 Å². The topological polar surface area (TPSA) is 82.2 Å². The largest absolute Gasteiger partial charge is 0.353 e. The minimum atomic E-state index is 0. The van der Waals surface area contributed by atoms with Crippen LogP contribution in [0.3, 0.4) is 0 Å². The van der Waals surface area contributed by atoms with Gasteiger partial charge in [0.25, 0.3) is 5.91 Å². The van der Waals surface area contributed by atoms with Crippen molar-refractivity contribution < 1.29 is 4.79 Å². The van der Waals surface area contributed by atoms with E-state index < -0.39 is 0 Å². The predicted octanol–water partition coefficient (Wildman–Crippen LogP) is 4.60. The van der Waals surface area contributed by atoms with Crippen LogP contribution < -0.4 is 16.0 Å². The van der Waals surface area contributed by atoms with Gasteiger partial charge in [0.05, 0.1) is 9.35 Å². The molecule has 34 heavy (non-hydrogen) atoms. The van der Waals surface area contributed by atoms with Gasteiger partial charge in [-0.1, -0.05) is 6.07 Å². The van der Waals surface area contributed by atoms with Gasteiger partial charge in [0.1, 0.15) is 5.69 Å². The summed E-state index contributed by atoms with van der Waals surface area (Å²) in [5.74, 6) is 0.631. The average molecular weight is 611 g/mol. The lowest BCUT2D eigenvalue weighted by Gasteiger charge is -2.27. The molecule has 0 atom stereocenters. The van der Waals surface area contributed by atoms with Crippen LogP contribution in [-0.2, 0) is 0 Å². The van der Waals surface area contributed by atoms with E-state index >= 15 is 0 Å². The lowest BCUT2D eigenvalue weighted by atomic mass is 10.1. The minimum absolute atomic E-state index is 0. The van der Waals surface area contributed by atoms with Gasteiger partial charge in [0.15, 0.2) is 0 Å². The maximum Gasteiger partial charge on any atom is 0.252 e. The molecule has 2 aromatic heterocycles. The van der Waals surface area contributed by atoms with Crippen molar-refractivity contribution >= 4 is 86.4 Å². The third-order valence-corrected chi connectivity index (χ3v) is 7.30. The molecular formula is C22H28BrCl3N6OS. The van der Waals surface area contributed by atoms with E-state index in [1.807, 2.05) is 12.1 Å². The summed E-state index contributed by atoms with van der Waals surface area (Å²) in [6.07, 6.45) is 3.95. The van der Waals surface area contributed by atoms with E-state index in [4.69, 9.17) is 4.98 Å². The molecule has 3 N–H and O–H groups in total. The first-order chi connectivity index (χ1) is 15.2. The van der Waals surface area contributed by atoms with Crippen molar-refractivity contribution in [3.8, 4) is 10.6 Å². The Bertz CT molecular complexity index is 1110. The number of hydrogen-bond donors (Lipinski definition) is 3. The Labute approximate surface area is 230 Å². The third-order valence-electron chi connectivity index (χ3n) is 5.62. The Hall–Kier alpha value is -1.20. The molecule has 7 nitrogen and oxygen atoms in total. The van der Waals surface area contributed by atoms with Gasteiger partial charge in [-0.25, -0.2) is 9.97 Å². The molecule has 5 rings (SSSR count). The lowest BCUT2D eigenvalue weighted by molar-refractivity contribution is 0.0953. The second kappa shape index (κ2) is 13.2. The number of carbonyl (C=O) groups is 1. The first kappa shape index (κ1) is 29.0. The fraction of sp³-hybridized carbons (Fsp3) is 0.409. The Morgan fingerprint density at radius 2 is 1.97 bits per heavy atom. The Morgan fingerprint density at radius 1 is 1.21 bits per heavy atom. The molecule has 0 radical (unpaired) electrons. The number of nitrogens with one attached hydrogen (secondary N) is 3. The van der Waals surface area contributed by atoms with E-state index in [1.165, 1.54) is 0 Å². The maximum atomic E-state index is 12.7. The Kier molecular flexibility index (Phi) is 11.3. The summed E-state index contributed by atoms with van der Waals surface area (Å²) >= 11 is 5.25. The highest BCUT2D eigenvalue weighted by Crippen LogP contribution is 2.37. The molecule has 0 spiro atoms. The summed E-state index contributed by atoms with van der Waals surface area (Å²) in [6.45, 7) is 6.02. The number of aromatic nitrogens is 2. The molecule has 186 valence electrons. The maximum absolute atomic E-state index is 12.7. The van der Waals surface area contributed by atoms with Gasteiger partial charge in [-0.2, -0.15) is 0 Å². The molecule has 3 aromatic rings. The van der Waals surface area contributed by atoms with Gasteiger partial charge in [-0.05, 0) is 47.0 Å². The fourth-order valence-corrected chi connectivity index (χ4v) is 5.38. The zero-order valence-corrected chi connectivity index (χ0v) is 23.2. The van der Waals surface area contributed by atoms with Crippen molar-refractivity contribution in [2.45, 2.75) is 18.9 Å². The summed E-state index contributed by atoms with van der Waals surface area (Å²) in [4.78, 5) is 25.3. The van der Waals surface area contributed by atoms with E-state index in [0.29, 0.717) is 12.0 Å². The second-order valence-corrected chi connectivity index (χ2v) is 9.92. The number of halogens is 4. The molecule has 12 heteroatoms. The zero-order chi connectivity index (χ0) is 21.2. The predicted molar refractivity (Wildman–Crippen MR) is 151 cm³/mol. The normalized spacial score (nSPS) is 15.6. The highest BCUT2D eigenvalue weighted by atomic mass is 79.9. The number of anilines is 1. The van der Waals surface area contributed by atoms with Crippen LogP contribution in [0.5, 0.6) is 0 Å². The first-order valence-electron chi connectivity index (χ1n) is 10.7. The summed E-state index contributed by atoms with van der Waals surface area (Å²) < 4.78 is 1.92. The van der Waals surface area contributed by atoms with Crippen LogP contribution >= 0.6 is 64.5 Å². The summed E-state index contributed by atoms with van der Waals surface area (Å²) in [5.41, 5.74) is 1.57. The first-order valence-corrected chi connectivity index (χ1v) is 12.3. The molecule has 3 heterocycles. The minimum Gasteiger partial charge on any atom is -0.353 e. The van der Waals surface area contributed by atoms with E-state index in [0.717, 1.165) is 82.8 Å². The van der Waals surface area contributed by atoms with Crippen LogP contribution in [0, 0.1) is 0 Å². The van der Waals surface area contributed by atoms with Crippen molar-refractivity contribution in [2.75, 3.05) is 44.6 Å². The molecule has 1 aromatic carbocycles. The summed E-state index contributed by atoms with van der Waals surface area (Å²) in [5, 5.41) is 10.8. The lowest BCUT2D eigenvalue weighted by Crippen LogP contribution is -2.45. The van der Waals surface area contributed by atoms with Crippen molar-refractivity contribution in [1.82, 2.24) is 25.5 Å². The van der Waals surface area contributed by atoms with Crippen LogP contribution in [0.15, 0.2) is 34.9 Å². The van der Waals surface area contributed by atoms with Crippen LogP contribution in [0.2, 0.25) is 0 Å². The molecule has 1 aliphatic carbocycles. The smallest absolute Gasteiger partial charge is 0.252 e. The molecule has 0 bridgehead atoms. The number of nitrogens with zero attached hydrogens (tertiary/aromatic N) is 3. The second-order valence-electron chi connectivity index (χ2n) is 7.98. The van der Waals surface area contributed by atoms with Crippen LogP contribution in [0.4, 0.5) is 5.95 Å². The van der Waals surface area contributed by atoms with E-state index in [1.54, 1.807) is 17.5 Å². The highest BCUT2D eigenvalue weighted by molar-refractivity contribution is 9.10. The quantitative estimate of drug-likeness (QED) is 0.363. The van der Waals surface area contributed by atoms with Crippen molar-refractivity contribution in [3.05, 3.63) is 40.5 Å². The average Bonchev–Trinajstić information content (AvgIpc) is 3.49.